The number of ether oxygens (including phenoxy) is 2. The van der Waals surface area contributed by atoms with Crippen LogP contribution in [0.1, 0.15) is 206 Å². The van der Waals surface area contributed by atoms with E-state index in [0.717, 1.165) is 19.3 Å². The van der Waals surface area contributed by atoms with E-state index in [1.165, 1.54) is 173 Å². The lowest BCUT2D eigenvalue weighted by Crippen LogP contribution is -2.37. The number of nitrogens with zero attached hydrogens (tertiary/aromatic N) is 1. The molecule has 0 amide bonds. The van der Waals surface area contributed by atoms with Crippen LogP contribution in [0.2, 0.25) is 0 Å². The SMILES string of the molecule is CCCCCCCCCCCCCCCCCCO[C@H](COCCCCCCCCCCCCCCCC)COP(=O)([O-])OCC[N+](C)(C)C. The molecule has 0 spiro atoms. The minimum Gasteiger partial charge on any atom is -0.756 e. The van der Waals surface area contributed by atoms with Crippen LogP contribution in [0.25, 0.3) is 0 Å². The summed E-state index contributed by atoms with van der Waals surface area (Å²) in [5, 5.41) is 0. The van der Waals surface area contributed by atoms with Gasteiger partial charge in [-0.05, 0) is 12.8 Å². The van der Waals surface area contributed by atoms with Gasteiger partial charge < -0.3 is 27.9 Å². The number of unbranched alkanes of at least 4 members (excludes halogenated alkanes) is 28. The maximum atomic E-state index is 12.4. The molecule has 0 aromatic rings. The topological polar surface area (TPSA) is 77.1 Å². The lowest BCUT2D eigenvalue weighted by Gasteiger charge is -2.28. The van der Waals surface area contributed by atoms with E-state index in [-0.39, 0.29) is 13.2 Å². The number of phosphoric acid groups is 1. The highest BCUT2D eigenvalue weighted by Crippen LogP contribution is 2.38. The molecule has 0 rings (SSSR count). The average molecular weight is 734 g/mol. The van der Waals surface area contributed by atoms with Crippen molar-refractivity contribution in [2.75, 3.05) is 60.7 Å². The molecule has 7 nitrogen and oxygen atoms in total. The zero-order valence-corrected chi connectivity index (χ0v) is 35.3. The van der Waals surface area contributed by atoms with Gasteiger partial charge in [0.25, 0.3) is 7.82 Å². The van der Waals surface area contributed by atoms with Crippen molar-refractivity contribution in [3.8, 4) is 0 Å². The van der Waals surface area contributed by atoms with Crippen LogP contribution in [0.3, 0.4) is 0 Å². The number of likely N-dealkylation sites (N-methyl/N-ethyl adjacent to an activating group) is 1. The van der Waals surface area contributed by atoms with Crippen LogP contribution in [0.15, 0.2) is 0 Å². The van der Waals surface area contributed by atoms with E-state index >= 15 is 0 Å². The molecule has 0 radical (unpaired) electrons. The zero-order valence-electron chi connectivity index (χ0n) is 34.4. The first kappa shape index (κ1) is 50.0. The number of quaternary nitrogens is 1. The molecule has 0 saturated heterocycles. The Kier molecular flexibility index (Phi) is 37.3. The second-order valence-corrected chi connectivity index (χ2v) is 17.5. The summed E-state index contributed by atoms with van der Waals surface area (Å²) < 4.78 is 35.3. The highest BCUT2D eigenvalue weighted by atomic mass is 31.2. The minimum atomic E-state index is -4.38. The number of hydrogen-bond donors (Lipinski definition) is 0. The Morgan fingerprint density at radius 2 is 0.800 bits per heavy atom. The fourth-order valence-corrected chi connectivity index (χ4v) is 7.02. The predicted molar refractivity (Wildman–Crippen MR) is 213 cm³/mol. The van der Waals surface area contributed by atoms with E-state index in [1.54, 1.807) is 0 Å². The van der Waals surface area contributed by atoms with Gasteiger partial charge >= 0.3 is 0 Å². The van der Waals surface area contributed by atoms with Gasteiger partial charge in [0.05, 0.1) is 34.4 Å². The molecule has 0 aromatic carbocycles. The van der Waals surface area contributed by atoms with Crippen molar-refractivity contribution >= 4 is 7.82 Å². The van der Waals surface area contributed by atoms with E-state index in [2.05, 4.69) is 13.8 Å². The lowest BCUT2D eigenvalue weighted by atomic mass is 10.0. The minimum absolute atomic E-state index is 0.0667. The molecule has 0 bridgehead atoms. The Morgan fingerprint density at radius 3 is 1.16 bits per heavy atom. The van der Waals surface area contributed by atoms with Crippen molar-refractivity contribution in [2.24, 2.45) is 0 Å². The molecule has 302 valence electrons. The van der Waals surface area contributed by atoms with E-state index in [1.807, 2.05) is 21.1 Å². The molecular formula is C42H88NO6P. The maximum Gasteiger partial charge on any atom is 0.268 e. The van der Waals surface area contributed by atoms with Gasteiger partial charge in [-0.3, -0.25) is 4.57 Å². The van der Waals surface area contributed by atoms with Gasteiger partial charge in [0.15, 0.2) is 0 Å². The van der Waals surface area contributed by atoms with Gasteiger partial charge in [0, 0.05) is 13.2 Å². The summed E-state index contributed by atoms with van der Waals surface area (Å²) in [6.07, 6.45) is 39.6. The molecule has 50 heavy (non-hydrogen) atoms. The third-order valence-corrected chi connectivity index (χ3v) is 10.7. The summed E-state index contributed by atoms with van der Waals surface area (Å²) in [5.74, 6) is 0. The van der Waals surface area contributed by atoms with Crippen LogP contribution >= 0.6 is 7.82 Å². The number of hydrogen-bond acceptors (Lipinski definition) is 6. The molecule has 0 aliphatic rings. The van der Waals surface area contributed by atoms with Crippen molar-refractivity contribution < 1.29 is 32.5 Å². The largest absolute Gasteiger partial charge is 0.756 e. The van der Waals surface area contributed by atoms with Gasteiger partial charge in [-0.1, -0.05) is 194 Å². The molecule has 2 atom stereocenters. The summed E-state index contributed by atoms with van der Waals surface area (Å²) in [6.45, 7) is 6.79. The smallest absolute Gasteiger partial charge is 0.268 e. The summed E-state index contributed by atoms with van der Waals surface area (Å²) in [4.78, 5) is 12.4. The Hall–Kier alpha value is -0.0100. The predicted octanol–water partition coefficient (Wildman–Crippen LogP) is 12.3. The van der Waals surface area contributed by atoms with Crippen molar-refractivity contribution in [1.82, 2.24) is 0 Å². The van der Waals surface area contributed by atoms with Crippen LogP contribution < -0.4 is 4.89 Å². The molecule has 0 aliphatic carbocycles. The lowest BCUT2D eigenvalue weighted by molar-refractivity contribution is -0.870. The standard InChI is InChI=1S/C42H88NO6P/c1-6-8-10-12-14-16-18-20-22-23-25-27-29-31-33-35-38-47-42(41-49-50(44,45)48-39-36-43(3,4)5)40-46-37-34-32-30-28-26-24-21-19-17-15-13-11-9-7-2/h42H,6-41H2,1-5H3/t42-/m1/s1. The molecule has 0 heterocycles. The van der Waals surface area contributed by atoms with Gasteiger partial charge in [-0.25, -0.2) is 0 Å². The van der Waals surface area contributed by atoms with E-state index in [4.69, 9.17) is 18.5 Å². The summed E-state index contributed by atoms with van der Waals surface area (Å²) >= 11 is 0. The highest BCUT2D eigenvalue weighted by molar-refractivity contribution is 7.45. The first-order valence-electron chi connectivity index (χ1n) is 21.8. The maximum absolute atomic E-state index is 12.4. The molecular weight excluding hydrogens is 645 g/mol. The van der Waals surface area contributed by atoms with Gasteiger partial charge in [-0.2, -0.15) is 0 Å². The second kappa shape index (κ2) is 37.3. The molecule has 0 saturated carbocycles. The third-order valence-electron chi connectivity index (χ3n) is 9.73. The molecule has 0 fully saturated rings. The quantitative estimate of drug-likeness (QED) is 0.0353. The fraction of sp³-hybridized carbons (Fsp3) is 1.00. The molecule has 1 unspecified atom stereocenters. The highest BCUT2D eigenvalue weighted by Gasteiger charge is 2.18. The van der Waals surface area contributed by atoms with Gasteiger partial charge in [0.2, 0.25) is 0 Å². The second-order valence-electron chi connectivity index (χ2n) is 16.1. The van der Waals surface area contributed by atoms with Gasteiger partial charge in [0.1, 0.15) is 19.3 Å². The Morgan fingerprint density at radius 1 is 0.460 bits per heavy atom. The Bertz CT molecular complexity index is 719. The molecule has 8 heteroatoms. The third kappa shape index (κ3) is 40.8. The Balaban J connectivity index is 4.06. The van der Waals surface area contributed by atoms with Crippen molar-refractivity contribution in [3.63, 3.8) is 0 Å². The molecule has 0 aromatic heterocycles. The fourth-order valence-electron chi connectivity index (χ4n) is 6.30. The van der Waals surface area contributed by atoms with E-state index in [0.29, 0.717) is 30.8 Å². The van der Waals surface area contributed by atoms with Crippen molar-refractivity contribution in [2.45, 2.75) is 213 Å². The van der Waals surface area contributed by atoms with Crippen LogP contribution in [-0.2, 0) is 23.1 Å². The van der Waals surface area contributed by atoms with E-state index < -0.39 is 13.9 Å². The van der Waals surface area contributed by atoms with Crippen LogP contribution in [-0.4, -0.2) is 71.3 Å². The van der Waals surface area contributed by atoms with E-state index in [9.17, 15) is 9.46 Å². The summed E-state index contributed by atoms with van der Waals surface area (Å²) in [6, 6.07) is 0. The summed E-state index contributed by atoms with van der Waals surface area (Å²) in [5.41, 5.74) is 0. The number of rotatable bonds is 42. The van der Waals surface area contributed by atoms with Crippen LogP contribution in [0.5, 0.6) is 0 Å². The Labute approximate surface area is 312 Å². The van der Waals surface area contributed by atoms with Gasteiger partial charge in [-0.15, -0.1) is 0 Å². The first-order valence-corrected chi connectivity index (χ1v) is 23.3. The van der Waals surface area contributed by atoms with Crippen molar-refractivity contribution in [1.29, 1.82) is 0 Å². The number of phosphoric ester groups is 1. The van der Waals surface area contributed by atoms with Crippen LogP contribution in [0, 0.1) is 0 Å². The van der Waals surface area contributed by atoms with Crippen molar-refractivity contribution in [3.05, 3.63) is 0 Å². The molecule has 0 aliphatic heterocycles. The zero-order chi connectivity index (χ0) is 36.9. The first-order chi connectivity index (χ1) is 24.2. The average Bonchev–Trinajstić information content (AvgIpc) is 3.07. The molecule has 0 N–H and O–H groups in total. The summed E-state index contributed by atoms with van der Waals surface area (Å²) in [7, 11) is 1.61. The van der Waals surface area contributed by atoms with Crippen LogP contribution in [0.4, 0.5) is 0 Å². The monoisotopic (exact) mass is 734 g/mol. The normalized spacial score (nSPS) is 14.0.